The van der Waals surface area contributed by atoms with E-state index in [0.29, 0.717) is 0 Å². The van der Waals surface area contributed by atoms with E-state index < -0.39 is 0 Å². The molecule has 0 aliphatic heterocycles. The molecule has 0 bridgehead atoms. The molecule has 0 aliphatic carbocycles. The van der Waals surface area contributed by atoms with Crippen LogP contribution in [0.25, 0.3) is 11.0 Å². The number of para-hydroxylation sites is 1. The van der Waals surface area contributed by atoms with Gasteiger partial charge in [0, 0.05) is 23.1 Å². The first-order valence-electron chi connectivity index (χ1n) is 7.00. The molecule has 22 heavy (non-hydrogen) atoms. The summed E-state index contributed by atoms with van der Waals surface area (Å²) in [6, 6.07) is 18.3. The van der Waals surface area contributed by atoms with Gasteiger partial charge in [0.2, 0.25) is 0 Å². The predicted molar refractivity (Wildman–Crippen MR) is 93.1 cm³/mol. The zero-order valence-corrected chi connectivity index (χ0v) is 13.3. The molecule has 0 radical (unpaired) electrons. The van der Waals surface area contributed by atoms with Crippen LogP contribution in [0.3, 0.4) is 0 Å². The van der Waals surface area contributed by atoms with Crippen molar-refractivity contribution >= 4 is 23.4 Å². The molecule has 1 aromatic heterocycles. The van der Waals surface area contributed by atoms with Crippen LogP contribution in [0.15, 0.2) is 65.3 Å². The number of halogens is 1. The average molecular weight is 312 g/mol. The van der Waals surface area contributed by atoms with Gasteiger partial charge in [-0.3, -0.25) is 4.90 Å². The first-order valence-corrected chi connectivity index (χ1v) is 7.00. The molecule has 0 amide bonds. The van der Waals surface area contributed by atoms with Crippen molar-refractivity contribution in [3.8, 4) is 11.8 Å². The number of hydrogen-bond acceptors (Lipinski definition) is 2. The summed E-state index contributed by atoms with van der Waals surface area (Å²) < 4.78 is 5.56. The summed E-state index contributed by atoms with van der Waals surface area (Å²) in [6.45, 7) is 1.56. The van der Waals surface area contributed by atoms with Crippen molar-refractivity contribution in [3.63, 3.8) is 0 Å². The molecule has 0 atom stereocenters. The van der Waals surface area contributed by atoms with Gasteiger partial charge in [0.25, 0.3) is 0 Å². The minimum atomic E-state index is 0. The van der Waals surface area contributed by atoms with Crippen molar-refractivity contribution in [2.45, 2.75) is 6.54 Å². The maximum absolute atomic E-state index is 5.56. The molecule has 0 spiro atoms. The Morgan fingerprint density at radius 1 is 1.00 bits per heavy atom. The van der Waals surface area contributed by atoms with Crippen LogP contribution in [0.2, 0.25) is 0 Å². The molecule has 0 fully saturated rings. The lowest BCUT2D eigenvalue weighted by molar-refractivity contribution is 0.368. The molecule has 3 heteroatoms. The second kappa shape index (κ2) is 7.70. The Bertz CT molecular complexity index is 783. The Kier molecular flexibility index (Phi) is 5.66. The van der Waals surface area contributed by atoms with Crippen molar-refractivity contribution in [2.75, 3.05) is 13.6 Å². The molecule has 112 valence electrons. The lowest BCUT2D eigenvalue weighted by Gasteiger charge is -2.13. The van der Waals surface area contributed by atoms with Crippen molar-refractivity contribution in [3.05, 3.63) is 72.0 Å². The minimum Gasteiger partial charge on any atom is -0.464 e. The van der Waals surface area contributed by atoms with Crippen molar-refractivity contribution < 1.29 is 4.42 Å². The zero-order valence-electron chi connectivity index (χ0n) is 12.5. The zero-order chi connectivity index (χ0) is 14.5. The number of hydrogen-bond donors (Lipinski definition) is 0. The fourth-order valence-electron chi connectivity index (χ4n) is 2.32. The number of fused-ring (bicyclic) bond motifs is 1. The highest BCUT2D eigenvalue weighted by atomic mass is 35.5. The number of furan rings is 1. The van der Waals surface area contributed by atoms with Crippen LogP contribution < -0.4 is 0 Å². The second-order valence-electron chi connectivity index (χ2n) is 5.10. The van der Waals surface area contributed by atoms with E-state index in [2.05, 4.69) is 42.0 Å². The molecule has 0 aliphatic rings. The lowest BCUT2D eigenvalue weighted by atomic mass is 10.1. The highest BCUT2D eigenvalue weighted by molar-refractivity contribution is 5.85. The fourth-order valence-corrected chi connectivity index (χ4v) is 2.32. The van der Waals surface area contributed by atoms with Crippen LogP contribution in [-0.4, -0.2) is 18.5 Å². The van der Waals surface area contributed by atoms with Crippen LogP contribution in [0.5, 0.6) is 0 Å². The van der Waals surface area contributed by atoms with Crippen LogP contribution in [0, 0.1) is 11.8 Å². The molecule has 2 nitrogen and oxygen atoms in total. The molecule has 3 rings (SSSR count). The third kappa shape index (κ3) is 3.92. The van der Waals surface area contributed by atoms with Crippen molar-refractivity contribution in [1.29, 1.82) is 0 Å². The quantitative estimate of drug-likeness (QED) is 0.669. The van der Waals surface area contributed by atoms with E-state index in [0.717, 1.165) is 29.6 Å². The van der Waals surface area contributed by atoms with E-state index in [-0.39, 0.29) is 12.4 Å². The van der Waals surface area contributed by atoms with Gasteiger partial charge in [-0.2, -0.15) is 0 Å². The summed E-state index contributed by atoms with van der Waals surface area (Å²) >= 11 is 0. The SMILES string of the molecule is CN(CC#Cc1ccccc1)Cc1cccc2ccoc12.Cl. The van der Waals surface area contributed by atoms with Gasteiger partial charge in [0.1, 0.15) is 5.58 Å². The molecule has 3 aromatic rings. The van der Waals surface area contributed by atoms with Gasteiger partial charge in [-0.15, -0.1) is 12.4 Å². The van der Waals surface area contributed by atoms with Gasteiger partial charge in [0.15, 0.2) is 0 Å². The van der Waals surface area contributed by atoms with Gasteiger partial charge >= 0.3 is 0 Å². The largest absolute Gasteiger partial charge is 0.464 e. The summed E-state index contributed by atoms with van der Waals surface area (Å²) in [5, 5.41) is 1.15. The highest BCUT2D eigenvalue weighted by Gasteiger charge is 2.05. The number of rotatable bonds is 3. The Balaban J connectivity index is 0.00000176. The van der Waals surface area contributed by atoms with E-state index in [1.807, 2.05) is 36.4 Å². The molecular formula is C19H18ClNO. The Morgan fingerprint density at radius 2 is 1.82 bits per heavy atom. The third-order valence-corrected chi connectivity index (χ3v) is 3.36. The van der Waals surface area contributed by atoms with Crippen molar-refractivity contribution in [2.24, 2.45) is 0 Å². The van der Waals surface area contributed by atoms with Gasteiger partial charge in [0.05, 0.1) is 12.8 Å². The molecule has 0 N–H and O–H groups in total. The van der Waals surface area contributed by atoms with Gasteiger partial charge in [-0.1, -0.05) is 48.2 Å². The molecule has 0 saturated heterocycles. The standard InChI is InChI=1S/C19H17NO.ClH/c1-20(13-6-9-16-7-3-2-4-8-16)15-18-11-5-10-17-12-14-21-19(17)18;/h2-5,7-8,10-12,14H,13,15H2,1H3;1H. The first-order chi connectivity index (χ1) is 10.3. The lowest BCUT2D eigenvalue weighted by Crippen LogP contribution is -2.18. The first kappa shape index (κ1) is 16.2. The average Bonchev–Trinajstić information content (AvgIpc) is 2.98. The van der Waals surface area contributed by atoms with Crippen LogP contribution in [0.4, 0.5) is 0 Å². The molecule has 0 saturated carbocycles. The Hall–Kier alpha value is -2.21. The maximum atomic E-state index is 5.56. The Labute approximate surface area is 137 Å². The third-order valence-electron chi connectivity index (χ3n) is 3.36. The van der Waals surface area contributed by atoms with Gasteiger partial charge in [-0.25, -0.2) is 0 Å². The highest BCUT2D eigenvalue weighted by Crippen LogP contribution is 2.20. The van der Waals surface area contributed by atoms with E-state index in [1.54, 1.807) is 6.26 Å². The number of nitrogens with zero attached hydrogens (tertiary/aromatic N) is 1. The number of benzene rings is 2. The molecule has 0 unspecified atom stereocenters. The normalized spacial score (nSPS) is 10.1. The Morgan fingerprint density at radius 3 is 2.64 bits per heavy atom. The van der Waals surface area contributed by atoms with Crippen LogP contribution in [0.1, 0.15) is 11.1 Å². The summed E-state index contributed by atoms with van der Waals surface area (Å²) in [6.07, 6.45) is 1.74. The second-order valence-corrected chi connectivity index (χ2v) is 5.10. The van der Waals surface area contributed by atoms with Crippen LogP contribution >= 0.6 is 12.4 Å². The predicted octanol–water partition coefficient (Wildman–Crippen LogP) is 4.34. The summed E-state index contributed by atoms with van der Waals surface area (Å²) in [5.41, 5.74) is 3.22. The summed E-state index contributed by atoms with van der Waals surface area (Å²) in [5.74, 6) is 6.39. The monoisotopic (exact) mass is 311 g/mol. The van der Waals surface area contributed by atoms with E-state index in [9.17, 15) is 0 Å². The molecule has 1 heterocycles. The molecular weight excluding hydrogens is 294 g/mol. The van der Waals surface area contributed by atoms with Gasteiger partial charge < -0.3 is 4.42 Å². The topological polar surface area (TPSA) is 16.4 Å². The van der Waals surface area contributed by atoms with E-state index in [4.69, 9.17) is 4.42 Å². The van der Waals surface area contributed by atoms with E-state index in [1.165, 1.54) is 5.56 Å². The van der Waals surface area contributed by atoms with Crippen LogP contribution in [-0.2, 0) is 6.54 Å². The van der Waals surface area contributed by atoms with Crippen molar-refractivity contribution in [1.82, 2.24) is 4.90 Å². The fraction of sp³-hybridized carbons (Fsp3) is 0.158. The summed E-state index contributed by atoms with van der Waals surface area (Å²) in [4.78, 5) is 2.19. The molecule has 2 aromatic carbocycles. The maximum Gasteiger partial charge on any atom is 0.138 e. The van der Waals surface area contributed by atoms with Gasteiger partial charge in [-0.05, 0) is 25.2 Å². The summed E-state index contributed by atoms with van der Waals surface area (Å²) in [7, 11) is 2.07. The smallest absolute Gasteiger partial charge is 0.138 e. The van der Waals surface area contributed by atoms with E-state index >= 15 is 0 Å². The minimum absolute atomic E-state index is 0.